The molecule has 0 aliphatic carbocycles. The number of ether oxygens (including phenoxy) is 1. The fourth-order valence-electron chi connectivity index (χ4n) is 5.08. The van der Waals surface area contributed by atoms with Gasteiger partial charge in [0.1, 0.15) is 11.5 Å². The Kier molecular flexibility index (Phi) is 9.08. The number of alkyl halides is 1. The van der Waals surface area contributed by atoms with Gasteiger partial charge in [0.2, 0.25) is 0 Å². The monoisotopic (exact) mass is 516 g/mol. The lowest BCUT2D eigenvalue weighted by molar-refractivity contribution is 0.0473. The van der Waals surface area contributed by atoms with E-state index in [9.17, 15) is 18.7 Å². The molecule has 1 aromatic heterocycles. The molecule has 1 atom stereocenters. The van der Waals surface area contributed by atoms with Crippen LogP contribution in [0.2, 0.25) is 0 Å². The lowest BCUT2D eigenvalue weighted by atomic mass is 9.94. The molecule has 1 unspecified atom stereocenters. The molecule has 1 aromatic carbocycles. The molecule has 2 aliphatic rings. The molecule has 9 heteroatoms. The van der Waals surface area contributed by atoms with E-state index in [-0.39, 0.29) is 29.4 Å². The third kappa shape index (κ3) is 7.02. The van der Waals surface area contributed by atoms with Crippen LogP contribution < -0.4 is 4.74 Å². The Morgan fingerprint density at radius 1 is 1.14 bits per heavy atom. The van der Waals surface area contributed by atoms with Gasteiger partial charge in [0.15, 0.2) is 11.6 Å². The number of hydrogen-bond acceptors (Lipinski definition) is 6. The molecule has 0 radical (unpaired) electrons. The zero-order valence-electron chi connectivity index (χ0n) is 21.8. The van der Waals surface area contributed by atoms with E-state index >= 15 is 0 Å². The topological polar surface area (TPSA) is 78.8 Å². The van der Waals surface area contributed by atoms with Crippen molar-refractivity contribution in [2.24, 2.45) is 5.92 Å². The lowest BCUT2D eigenvalue weighted by Crippen LogP contribution is -2.44. The van der Waals surface area contributed by atoms with Gasteiger partial charge in [-0.25, -0.2) is 18.7 Å². The first-order valence-corrected chi connectivity index (χ1v) is 13.4. The molecule has 2 fully saturated rings. The van der Waals surface area contributed by atoms with Gasteiger partial charge in [0, 0.05) is 25.2 Å². The second-order valence-electron chi connectivity index (χ2n) is 10.4. The summed E-state index contributed by atoms with van der Waals surface area (Å²) in [5.74, 6) is 0.248. The summed E-state index contributed by atoms with van der Waals surface area (Å²) in [7, 11) is 0. The minimum Gasteiger partial charge on any atom is -0.490 e. The molecule has 3 heterocycles. The van der Waals surface area contributed by atoms with Crippen LogP contribution in [0.25, 0.3) is 11.4 Å². The first-order chi connectivity index (χ1) is 17.8. The SMILES string of the molecule is CCC(F)(CC)CN1CCC(COc2cnc(-c3ccc(C(=O)N4CCCC(O)C4)cc3F)nc2)CC1. The number of likely N-dealkylation sites (tertiary alicyclic amines) is 2. The van der Waals surface area contributed by atoms with Crippen molar-refractivity contribution < 1.29 is 23.4 Å². The Balaban J connectivity index is 1.28. The normalized spacial score (nSPS) is 19.7. The predicted octanol–water partition coefficient (Wildman–Crippen LogP) is 4.50. The number of aliphatic hydroxyl groups is 1. The van der Waals surface area contributed by atoms with E-state index in [1.54, 1.807) is 11.0 Å². The Hall–Kier alpha value is -2.65. The van der Waals surface area contributed by atoms with Gasteiger partial charge in [0.25, 0.3) is 5.91 Å². The van der Waals surface area contributed by atoms with Crippen LogP contribution in [0, 0.1) is 11.7 Å². The number of aliphatic hydroxyl groups excluding tert-OH is 1. The number of carbonyl (C=O) groups is 1. The highest BCUT2D eigenvalue weighted by molar-refractivity contribution is 5.94. The van der Waals surface area contributed by atoms with Gasteiger partial charge >= 0.3 is 0 Å². The first-order valence-electron chi connectivity index (χ1n) is 13.4. The fourth-order valence-corrected chi connectivity index (χ4v) is 5.08. The van der Waals surface area contributed by atoms with Crippen LogP contribution in [0.5, 0.6) is 5.75 Å². The third-order valence-corrected chi connectivity index (χ3v) is 7.74. The summed E-state index contributed by atoms with van der Waals surface area (Å²) in [6.45, 7) is 7.40. The number of amides is 1. The standard InChI is InChI=1S/C28H38F2N4O3/c1-3-28(30,4-2)19-33-12-9-20(10-13-33)18-37-23-15-31-26(32-16-23)24-8-7-21(14-25(24)29)27(36)34-11-5-6-22(35)17-34/h7-8,14-16,20,22,35H,3-6,9-13,17-19H2,1-2H3. The summed E-state index contributed by atoms with van der Waals surface area (Å²) >= 11 is 0. The molecule has 37 heavy (non-hydrogen) atoms. The summed E-state index contributed by atoms with van der Waals surface area (Å²) in [6, 6.07) is 4.28. The zero-order valence-corrected chi connectivity index (χ0v) is 21.8. The van der Waals surface area contributed by atoms with Gasteiger partial charge in [-0.3, -0.25) is 4.79 Å². The molecule has 0 spiro atoms. The van der Waals surface area contributed by atoms with E-state index in [0.29, 0.717) is 50.6 Å². The molecule has 1 N–H and O–H groups in total. The maximum Gasteiger partial charge on any atom is 0.254 e. The highest BCUT2D eigenvalue weighted by Crippen LogP contribution is 2.27. The predicted molar refractivity (Wildman–Crippen MR) is 138 cm³/mol. The van der Waals surface area contributed by atoms with Gasteiger partial charge < -0.3 is 19.6 Å². The number of halogens is 2. The number of piperidine rings is 2. The fraction of sp³-hybridized carbons (Fsp3) is 0.607. The molecule has 0 saturated carbocycles. The van der Waals surface area contributed by atoms with Crippen molar-refractivity contribution in [1.82, 2.24) is 19.8 Å². The Morgan fingerprint density at radius 3 is 2.46 bits per heavy atom. The molecule has 2 saturated heterocycles. The van der Waals surface area contributed by atoms with E-state index in [2.05, 4.69) is 14.9 Å². The van der Waals surface area contributed by atoms with Gasteiger partial charge in [0.05, 0.1) is 30.7 Å². The number of nitrogens with zero attached hydrogens (tertiary/aromatic N) is 4. The van der Waals surface area contributed by atoms with Crippen molar-refractivity contribution in [3.05, 3.63) is 42.0 Å². The van der Waals surface area contributed by atoms with Crippen LogP contribution in [-0.2, 0) is 0 Å². The smallest absolute Gasteiger partial charge is 0.254 e. The van der Waals surface area contributed by atoms with Crippen molar-refractivity contribution in [2.45, 2.75) is 64.1 Å². The number of β-amino-alcohol motifs (C(OH)–C–C–N with tert-alkyl or cyclic N) is 1. The Bertz CT molecular complexity index is 1040. The van der Waals surface area contributed by atoms with E-state index in [1.807, 2.05) is 13.8 Å². The summed E-state index contributed by atoms with van der Waals surface area (Å²) in [4.78, 5) is 25.0. The van der Waals surface area contributed by atoms with Gasteiger partial charge in [-0.05, 0) is 75.7 Å². The molecular formula is C28H38F2N4O3. The molecule has 7 nitrogen and oxygen atoms in total. The first kappa shape index (κ1) is 27.4. The highest BCUT2D eigenvalue weighted by atomic mass is 19.1. The van der Waals surface area contributed by atoms with E-state index in [0.717, 1.165) is 32.4 Å². The van der Waals surface area contributed by atoms with Crippen molar-refractivity contribution >= 4 is 5.91 Å². The quantitative estimate of drug-likeness (QED) is 0.529. The molecule has 202 valence electrons. The minimum atomic E-state index is -1.10. The molecule has 2 aromatic rings. The van der Waals surface area contributed by atoms with Gasteiger partial charge in [-0.1, -0.05) is 13.8 Å². The van der Waals surface area contributed by atoms with Crippen LogP contribution in [0.1, 0.15) is 62.7 Å². The molecular weight excluding hydrogens is 478 g/mol. The van der Waals surface area contributed by atoms with Crippen LogP contribution in [-0.4, -0.2) is 81.9 Å². The maximum atomic E-state index is 14.9. The van der Waals surface area contributed by atoms with E-state index in [4.69, 9.17) is 4.74 Å². The molecule has 1 amide bonds. The Morgan fingerprint density at radius 2 is 1.84 bits per heavy atom. The van der Waals surface area contributed by atoms with E-state index < -0.39 is 17.6 Å². The Labute approximate surface area is 217 Å². The second kappa shape index (κ2) is 12.3. The van der Waals surface area contributed by atoms with Crippen LogP contribution in [0.15, 0.2) is 30.6 Å². The summed E-state index contributed by atoms with van der Waals surface area (Å²) in [6.07, 6.45) is 6.92. The average molecular weight is 517 g/mol. The van der Waals surface area contributed by atoms with E-state index in [1.165, 1.54) is 24.5 Å². The highest BCUT2D eigenvalue weighted by Gasteiger charge is 2.30. The van der Waals surface area contributed by atoms with Crippen molar-refractivity contribution in [3.63, 3.8) is 0 Å². The zero-order chi connectivity index (χ0) is 26.4. The van der Waals surface area contributed by atoms with Gasteiger partial charge in [-0.2, -0.15) is 0 Å². The number of aromatic nitrogens is 2. The average Bonchev–Trinajstić information content (AvgIpc) is 2.92. The summed E-state index contributed by atoms with van der Waals surface area (Å²) < 4.78 is 35.4. The maximum absolute atomic E-state index is 14.9. The summed E-state index contributed by atoms with van der Waals surface area (Å²) in [5, 5.41) is 9.81. The number of carbonyl (C=O) groups excluding carboxylic acids is 1. The molecule has 4 rings (SSSR count). The molecule has 2 aliphatic heterocycles. The van der Waals surface area contributed by atoms with Crippen LogP contribution >= 0.6 is 0 Å². The largest absolute Gasteiger partial charge is 0.490 e. The van der Waals surface area contributed by atoms with Crippen LogP contribution in [0.4, 0.5) is 8.78 Å². The summed E-state index contributed by atoms with van der Waals surface area (Å²) in [5.41, 5.74) is -0.658. The number of rotatable bonds is 9. The van der Waals surface area contributed by atoms with Crippen molar-refractivity contribution in [3.8, 4) is 17.1 Å². The third-order valence-electron chi connectivity index (χ3n) is 7.74. The minimum absolute atomic E-state index is 0.206. The number of benzene rings is 1. The molecule has 0 bridgehead atoms. The van der Waals surface area contributed by atoms with Gasteiger partial charge in [-0.15, -0.1) is 0 Å². The van der Waals surface area contributed by atoms with Crippen molar-refractivity contribution in [1.29, 1.82) is 0 Å². The second-order valence-corrected chi connectivity index (χ2v) is 10.4. The van der Waals surface area contributed by atoms with Crippen molar-refractivity contribution in [2.75, 3.05) is 39.3 Å². The number of hydrogen-bond donors (Lipinski definition) is 1. The van der Waals surface area contributed by atoms with Crippen LogP contribution in [0.3, 0.4) is 0 Å². The lowest BCUT2D eigenvalue weighted by Gasteiger charge is -2.36.